The predicted molar refractivity (Wildman–Crippen MR) is 57.9 cm³/mol. The normalized spacial score (nSPS) is 12.9. The van der Waals surface area contributed by atoms with Gasteiger partial charge < -0.3 is 5.73 Å². The van der Waals surface area contributed by atoms with Crippen LogP contribution in [0.4, 0.5) is 4.39 Å². The Bertz CT molecular complexity index is 301. The van der Waals surface area contributed by atoms with Gasteiger partial charge in [0.05, 0.1) is 5.02 Å². The van der Waals surface area contributed by atoms with E-state index in [1.165, 1.54) is 6.07 Å². The maximum atomic E-state index is 13.5. The van der Waals surface area contributed by atoms with Gasteiger partial charge in [0.25, 0.3) is 0 Å². The van der Waals surface area contributed by atoms with Crippen molar-refractivity contribution < 1.29 is 4.39 Å². The Morgan fingerprint density at radius 1 is 1.50 bits per heavy atom. The first-order valence-corrected chi connectivity index (χ1v) is 5.24. The molecule has 0 fully saturated rings. The third-order valence-corrected chi connectivity index (χ3v) is 2.54. The van der Waals surface area contributed by atoms with E-state index in [2.05, 4.69) is 6.92 Å². The maximum absolute atomic E-state index is 13.5. The van der Waals surface area contributed by atoms with Crippen LogP contribution in [0, 0.1) is 5.82 Å². The zero-order valence-electron chi connectivity index (χ0n) is 8.26. The first-order valence-electron chi connectivity index (χ1n) is 4.86. The minimum absolute atomic E-state index is 0.148. The van der Waals surface area contributed by atoms with Crippen molar-refractivity contribution in [2.24, 2.45) is 5.73 Å². The van der Waals surface area contributed by atoms with Crippen LogP contribution in [-0.2, 0) is 0 Å². The molecule has 1 rings (SSSR count). The molecular formula is C11H15ClFN. The fourth-order valence-electron chi connectivity index (χ4n) is 1.39. The molecule has 0 aromatic heterocycles. The van der Waals surface area contributed by atoms with Gasteiger partial charge in [0.2, 0.25) is 0 Å². The van der Waals surface area contributed by atoms with Crippen molar-refractivity contribution in [2.75, 3.05) is 0 Å². The molecule has 0 spiro atoms. The molecule has 0 heterocycles. The molecule has 1 aromatic carbocycles. The molecule has 0 saturated carbocycles. The van der Waals surface area contributed by atoms with Crippen LogP contribution < -0.4 is 5.73 Å². The molecule has 0 radical (unpaired) electrons. The average Bonchev–Trinajstić information content (AvgIpc) is 2.18. The van der Waals surface area contributed by atoms with Gasteiger partial charge in [0, 0.05) is 11.6 Å². The van der Waals surface area contributed by atoms with Crippen molar-refractivity contribution in [3.63, 3.8) is 0 Å². The monoisotopic (exact) mass is 215 g/mol. The van der Waals surface area contributed by atoms with E-state index in [9.17, 15) is 4.39 Å². The molecule has 1 atom stereocenters. The van der Waals surface area contributed by atoms with Crippen LogP contribution in [0.15, 0.2) is 18.2 Å². The van der Waals surface area contributed by atoms with Gasteiger partial charge in [0.1, 0.15) is 5.82 Å². The van der Waals surface area contributed by atoms with Gasteiger partial charge in [-0.2, -0.15) is 0 Å². The van der Waals surface area contributed by atoms with Gasteiger partial charge in [-0.3, -0.25) is 0 Å². The van der Waals surface area contributed by atoms with Crippen molar-refractivity contribution in [1.29, 1.82) is 0 Å². The van der Waals surface area contributed by atoms with Crippen LogP contribution in [0.5, 0.6) is 0 Å². The van der Waals surface area contributed by atoms with Crippen molar-refractivity contribution in [3.8, 4) is 0 Å². The number of rotatable bonds is 4. The number of hydrogen-bond acceptors (Lipinski definition) is 1. The summed E-state index contributed by atoms with van der Waals surface area (Å²) >= 11 is 5.66. The number of benzene rings is 1. The van der Waals surface area contributed by atoms with Crippen LogP contribution in [0.25, 0.3) is 0 Å². The van der Waals surface area contributed by atoms with Gasteiger partial charge >= 0.3 is 0 Å². The minimum Gasteiger partial charge on any atom is -0.324 e. The number of nitrogens with two attached hydrogens (primary N) is 1. The fourth-order valence-corrected chi connectivity index (χ4v) is 1.57. The largest absolute Gasteiger partial charge is 0.324 e. The topological polar surface area (TPSA) is 26.0 Å². The lowest BCUT2D eigenvalue weighted by atomic mass is 10.0. The standard InChI is InChI=1S/C11H15ClFN/c1-2-3-7-10(14)8-5-4-6-9(12)11(8)13/h4-6,10H,2-3,7,14H2,1H3/t10-/m0/s1. The second kappa shape index (κ2) is 5.32. The molecule has 0 amide bonds. The maximum Gasteiger partial charge on any atom is 0.146 e. The molecule has 1 aromatic rings. The van der Waals surface area contributed by atoms with Gasteiger partial charge in [-0.05, 0) is 12.5 Å². The highest BCUT2D eigenvalue weighted by Crippen LogP contribution is 2.24. The van der Waals surface area contributed by atoms with Crippen LogP contribution in [0.2, 0.25) is 5.02 Å². The van der Waals surface area contributed by atoms with Gasteiger partial charge in [-0.25, -0.2) is 4.39 Å². The van der Waals surface area contributed by atoms with Crippen LogP contribution >= 0.6 is 11.6 Å². The van der Waals surface area contributed by atoms with E-state index < -0.39 is 0 Å². The Morgan fingerprint density at radius 2 is 2.21 bits per heavy atom. The fraction of sp³-hybridized carbons (Fsp3) is 0.455. The minimum atomic E-state index is -0.377. The Labute approximate surface area is 89.1 Å². The summed E-state index contributed by atoms with van der Waals surface area (Å²) in [6.45, 7) is 2.08. The summed E-state index contributed by atoms with van der Waals surface area (Å²) in [6.07, 6.45) is 2.87. The number of unbranched alkanes of at least 4 members (excludes halogenated alkanes) is 1. The Morgan fingerprint density at radius 3 is 2.86 bits per heavy atom. The first-order chi connectivity index (χ1) is 6.66. The Hall–Kier alpha value is -0.600. The smallest absolute Gasteiger partial charge is 0.146 e. The molecule has 0 aliphatic rings. The summed E-state index contributed by atoms with van der Waals surface area (Å²) in [5.41, 5.74) is 6.37. The van der Waals surface area contributed by atoms with Crippen LogP contribution in [0.3, 0.4) is 0 Å². The van der Waals surface area contributed by atoms with Crippen molar-refractivity contribution in [3.05, 3.63) is 34.6 Å². The van der Waals surface area contributed by atoms with Gasteiger partial charge in [0.15, 0.2) is 0 Å². The van der Waals surface area contributed by atoms with E-state index >= 15 is 0 Å². The average molecular weight is 216 g/mol. The molecule has 14 heavy (non-hydrogen) atoms. The molecule has 0 unspecified atom stereocenters. The van der Waals surface area contributed by atoms with E-state index in [1.54, 1.807) is 12.1 Å². The number of hydrogen-bond donors (Lipinski definition) is 1. The van der Waals surface area contributed by atoms with Crippen molar-refractivity contribution in [1.82, 2.24) is 0 Å². The molecule has 1 nitrogen and oxygen atoms in total. The third kappa shape index (κ3) is 2.69. The molecule has 0 bridgehead atoms. The SMILES string of the molecule is CCCC[C@H](N)c1cccc(Cl)c1F. The van der Waals surface area contributed by atoms with E-state index in [0.717, 1.165) is 19.3 Å². The van der Waals surface area contributed by atoms with E-state index in [4.69, 9.17) is 17.3 Å². The van der Waals surface area contributed by atoms with Crippen molar-refractivity contribution >= 4 is 11.6 Å². The molecule has 0 saturated heterocycles. The molecular weight excluding hydrogens is 201 g/mol. The highest BCUT2D eigenvalue weighted by Gasteiger charge is 2.12. The summed E-state index contributed by atoms with van der Waals surface area (Å²) < 4.78 is 13.5. The van der Waals surface area contributed by atoms with Crippen LogP contribution in [0.1, 0.15) is 37.8 Å². The van der Waals surface area contributed by atoms with E-state index in [0.29, 0.717) is 5.56 Å². The van der Waals surface area contributed by atoms with E-state index in [-0.39, 0.29) is 16.9 Å². The quantitative estimate of drug-likeness (QED) is 0.815. The summed E-state index contributed by atoms with van der Waals surface area (Å²) in [5.74, 6) is -0.377. The van der Waals surface area contributed by atoms with Crippen molar-refractivity contribution in [2.45, 2.75) is 32.2 Å². The summed E-state index contributed by atoms with van der Waals surface area (Å²) in [5, 5.41) is 0.148. The highest BCUT2D eigenvalue weighted by atomic mass is 35.5. The Kier molecular flexibility index (Phi) is 4.36. The lowest BCUT2D eigenvalue weighted by Gasteiger charge is -2.12. The molecule has 3 heteroatoms. The van der Waals surface area contributed by atoms with E-state index in [1.807, 2.05) is 0 Å². The first kappa shape index (κ1) is 11.5. The van der Waals surface area contributed by atoms with Crippen LogP contribution in [-0.4, -0.2) is 0 Å². The predicted octanol–water partition coefficient (Wildman–Crippen LogP) is 3.67. The summed E-state index contributed by atoms with van der Waals surface area (Å²) in [6, 6.07) is 4.72. The molecule has 2 N–H and O–H groups in total. The lowest BCUT2D eigenvalue weighted by molar-refractivity contribution is 0.548. The van der Waals surface area contributed by atoms with Gasteiger partial charge in [-0.15, -0.1) is 0 Å². The zero-order chi connectivity index (χ0) is 10.6. The van der Waals surface area contributed by atoms with Gasteiger partial charge in [-0.1, -0.05) is 43.5 Å². The Balaban J connectivity index is 2.79. The number of halogens is 2. The second-order valence-corrected chi connectivity index (χ2v) is 3.80. The molecule has 0 aliphatic carbocycles. The molecule has 0 aliphatic heterocycles. The molecule has 78 valence electrons. The third-order valence-electron chi connectivity index (χ3n) is 2.25. The highest BCUT2D eigenvalue weighted by molar-refractivity contribution is 6.30. The zero-order valence-corrected chi connectivity index (χ0v) is 9.02. The lowest BCUT2D eigenvalue weighted by Crippen LogP contribution is -2.12. The second-order valence-electron chi connectivity index (χ2n) is 3.39. The summed E-state index contributed by atoms with van der Waals surface area (Å²) in [4.78, 5) is 0. The summed E-state index contributed by atoms with van der Waals surface area (Å²) in [7, 11) is 0.